The molecule has 3 heterocycles. The number of aliphatic hydroxyl groups excluding tert-OH is 1. The number of halogens is 4. The molecule has 0 aliphatic heterocycles. The summed E-state index contributed by atoms with van der Waals surface area (Å²) >= 11 is 0. The zero-order valence-electron chi connectivity index (χ0n) is 25.0. The maximum Gasteiger partial charge on any atom is 0.449 e. The summed E-state index contributed by atoms with van der Waals surface area (Å²) in [6, 6.07) is 19.9. The molecular formula is C35H31F4N3O3. The molecule has 0 spiro atoms. The second kappa shape index (κ2) is 12.2. The van der Waals surface area contributed by atoms with E-state index in [1.807, 2.05) is 69.3 Å². The number of benzene rings is 2. The first-order chi connectivity index (χ1) is 21.3. The SMILES string of the molecule is C=C(O)C(C)(C)c1cccc(-c2ccc(CN(Cc3ccc(C(F)(F)F)o3)C(=O)c3cc(CC)nc4cc(F)cnc34)cc2)c1. The lowest BCUT2D eigenvalue weighted by molar-refractivity contribution is -0.153. The van der Waals surface area contributed by atoms with Crippen molar-refractivity contribution >= 4 is 16.9 Å². The van der Waals surface area contributed by atoms with Gasteiger partial charge >= 0.3 is 6.18 Å². The number of hydrogen-bond acceptors (Lipinski definition) is 5. The Labute approximate surface area is 257 Å². The average Bonchev–Trinajstić information content (AvgIpc) is 3.49. The molecule has 0 radical (unpaired) electrons. The molecule has 0 saturated heterocycles. The number of furan rings is 1. The summed E-state index contributed by atoms with van der Waals surface area (Å²) in [5.74, 6) is -2.30. The monoisotopic (exact) mass is 617 g/mol. The Balaban J connectivity index is 1.49. The van der Waals surface area contributed by atoms with Crippen LogP contribution in [-0.4, -0.2) is 25.9 Å². The van der Waals surface area contributed by atoms with Crippen molar-refractivity contribution in [2.75, 3.05) is 0 Å². The summed E-state index contributed by atoms with van der Waals surface area (Å²) in [5.41, 5.74) is 3.82. The van der Waals surface area contributed by atoms with Gasteiger partial charge in [-0.05, 0) is 60.7 Å². The largest absolute Gasteiger partial charge is 0.512 e. The number of alkyl halides is 3. The average molecular weight is 618 g/mol. The van der Waals surface area contributed by atoms with Crippen LogP contribution in [0.1, 0.15) is 59.5 Å². The van der Waals surface area contributed by atoms with Gasteiger partial charge in [-0.1, -0.05) is 62.0 Å². The molecule has 0 unspecified atom stereocenters. The van der Waals surface area contributed by atoms with Gasteiger partial charge in [-0.3, -0.25) is 14.8 Å². The molecule has 0 bridgehead atoms. The molecule has 5 rings (SSSR count). The highest BCUT2D eigenvalue weighted by Gasteiger charge is 2.35. The molecule has 0 saturated carbocycles. The molecule has 2 aromatic carbocycles. The quantitative estimate of drug-likeness (QED) is 0.132. The van der Waals surface area contributed by atoms with E-state index in [4.69, 9.17) is 4.42 Å². The second-order valence-electron chi connectivity index (χ2n) is 11.3. The molecule has 0 aliphatic rings. The zero-order valence-corrected chi connectivity index (χ0v) is 25.0. The number of carbonyl (C=O) groups excluding carboxylic acids is 1. The van der Waals surface area contributed by atoms with Crippen LogP contribution in [0.3, 0.4) is 0 Å². The lowest BCUT2D eigenvalue weighted by Gasteiger charge is -2.24. The number of allylic oxidation sites excluding steroid dienone is 1. The minimum atomic E-state index is -4.68. The van der Waals surface area contributed by atoms with E-state index in [-0.39, 0.29) is 41.2 Å². The molecule has 0 atom stereocenters. The molecule has 0 fully saturated rings. The topological polar surface area (TPSA) is 79.5 Å². The van der Waals surface area contributed by atoms with Gasteiger partial charge in [0.25, 0.3) is 5.91 Å². The Morgan fingerprint density at radius 3 is 2.36 bits per heavy atom. The highest BCUT2D eigenvalue weighted by atomic mass is 19.4. The van der Waals surface area contributed by atoms with E-state index in [1.165, 1.54) is 17.0 Å². The van der Waals surface area contributed by atoms with E-state index in [0.717, 1.165) is 29.0 Å². The number of fused-ring (bicyclic) bond motifs is 1. The van der Waals surface area contributed by atoms with Crippen molar-refractivity contribution in [2.24, 2.45) is 0 Å². The highest BCUT2D eigenvalue weighted by molar-refractivity contribution is 6.04. The first-order valence-electron chi connectivity index (χ1n) is 14.2. The lowest BCUT2D eigenvalue weighted by Crippen LogP contribution is -2.30. The third-order valence-electron chi connectivity index (χ3n) is 7.80. The van der Waals surface area contributed by atoms with E-state index < -0.39 is 29.1 Å². The molecule has 3 aromatic heterocycles. The number of nitrogens with zero attached hydrogens (tertiary/aromatic N) is 3. The Morgan fingerprint density at radius 2 is 1.71 bits per heavy atom. The Hall–Kier alpha value is -4.99. The minimum Gasteiger partial charge on any atom is -0.512 e. The second-order valence-corrected chi connectivity index (χ2v) is 11.3. The van der Waals surface area contributed by atoms with E-state index in [9.17, 15) is 27.5 Å². The molecule has 1 N–H and O–H groups in total. The number of aromatic nitrogens is 2. The normalized spacial score (nSPS) is 12.0. The number of rotatable bonds is 9. The predicted molar refractivity (Wildman–Crippen MR) is 163 cm³/mol. The fraction of sp³-hybridized carbons (Fsp3) is 0.229. The van der Waals surface area contributed by atoms with Crippen LogP contribution in [0.4, 0.5) is 17.6 Å². The fourth-order valence-electron chi connectivity index (χ4n) is 4.94. The first kappa shape index (κ1) is 31.4. The van der Waals surface area contributed by atoms with Crippen molar-refractivity contribution in [1.82, 2.24) is 14.9 Å². The number of pyridine rings is 2. The maximum absolute atomic E-state index is 14.1. The van der Waals surface area contributed by atoms with Gasteiger partial charge in [-0.15, -0.1) is 0 Å². The summed E-state index contributed by atoms with van der Waals surface area (Å²) in [4.78, 5) is 23.9. The van der Waals surface area contributed by atoms with Crippen LogP contribution in [0, 0.1) is 5.82 Å². The van der Waals surface area contributed by atoms with Crippen LogP contribution >= 0.6 is 0 Å². The van der Waals surface area contributed by atoms with Crippen molar-refractivity contribution in [3.05, 3.63) is 131 Å². The lowest BCUT2D eigenvalue weighted by atomic mass is 9.82. The van der Waals surface area contributed by atoms with Crippen LogP contribution in [0.15, 0.2) is 95.7 Å². The Morgan fingerprint density at radius 1 is 0.978 bits per heavy atom. The maximum atomic E-state index is 14.1. The zero-order chi connectivity index (χ0) is 32.5. The van der Waals surface area contributed by atoms with E-state index in [1.54, 1.807) is 6.07 Å². The van der Waals surface area contributed by atoms with Crippen LogP contribution in [-0.2, 0) is 31.1 Å². The third-order valence-corrected chi connectivity index (χ3v) is 7.80. The molecule has 45 heavy (non-hydrogen) atoms. The molecule has 10 heteroatoms. The van der Waals surface area contributed by atoms with Gasteiger partial charge in [0.2, 0.25) is 5.76 Å². The van der Waals surface area contributed by atoms with Crippen molar-refractivity contribution in [3.63, 3.8) is 0 Å². The molecule has 1 amide bonds. The van der Waals surface area contributed by atoms with Gasteiger partial charge in [0.15, 0.2) is 0 Å². The summed E-state index contributed by atoms with van der Waals surface area (Å²) in [5, 5.41) is 10.1. The fourth-order valence-corrected chi connectivity index (χ4v) is 4.94. The van der Waals surface area contributed by atoms with Crippen LogP contribution in [0.2, 0.25) is 0 Å². The van der Waals surface area contributed by atoms with Crippen molar-refractivity contribution in [3.8, 4) is 11.1 Å². The smallest absolute Gasteiger partial charge is 0.449 e. The number of aliphatic hydroxyl groups is 1. The van der Waals surface area contributed by atoms with Gasteiger partial charge in [-0.2, -0.15) is 13.2 Å². The van der Waals surface area contributed by atoms with Crippen molar-refractivity contribution in [1.29, 1.82) is 0 Å². The van der Waals surface area contributed by atoms with Crippen LogP contribution in [0.25, 0.3) is 22.2 Å². The Kier molecular flexibility index (Phi) is 8.51. The number of aryl methyl sites for hydroxylation is 1. The summed E-state index contributed by atoms with van der Waals surface area (Å²) in [6.45, 7) is 9.06. The van der Waals surface area contributed by atoms with Gasteiger partial charge in [0, 0.05) is 23.7 Å². The van der Waals surface area contributed by atoms with Gasteiger partial charge in [0.05, 0.1) is 29.6 Å². The van der Waals surface area contributed by atoms with Gasteiger partial charge in [-0.25, -0.2) is 4.39 Å². The van der Waals surface area contributed by atoms with Crippen LogP contribution < -0.4 is 0 Å². The standard InChI is InChI=1S/C35H31F4N3O3/c1-5-27-17-29(32-30(41-27)16-26(36)18-40-32)33(44)42(20-28-13-14-31(45-28)35(37,38)39)19-22-9-11-23(12-10-22)24-7-6-8-25(15-24)34(3,4)21(2)43/h6-18,43H,2,5,19-20H2,1,3-4H3. The van der Waals surface area contributed by atoms with Gasteiger partial charge in [0.1, 0.15) is 17.1 Å². The summed E-state index contributed by atoms with van der Waals surface area (Å²) in [6.07, 6.45) is -3.22. The number of carbonyl (C=O) groups is 1. The molecule has 0 aliphatic carbocycles. The molecule has 5 aromatic rings. The number of hydrogen-bond donors (Lipinski definition) is 1. The first-order valence-corrected chi connectivity index (χ1v) is 14.2. The minimum absolute atomic E-state index is 0.0328. The third kappa shape index (κ3) is 6.74. The molecule has 232 valence electrons. The van der Waals surface area contributed by atoms with Crippen molar-refractivity contribution in [2.45, 2.75) is 51.9 Å². The highest BCUT2D eigenvalue weighted by Crippen LogP contribution is 2.33. The van der Waals surface area contributed by atoms with Crippen LogP contribution in [0.5, 0.6) is 0 Å². The van der Waals surface area contributed by atoms with E-state index in [2.05, 4.69) is 16.5 Å². The number of amides is 1. The predicted octanol–water partition coefficient (Wildman–Crippen LogP) is 8.80. The van der Waals surface area contributed by atoms with Crippen molar-refractivity contribution < 1.29 is 31.9 Å². The van der Waals surface area contributed by atoms with E-state index >= 15 is 0 Å². The summed E-state index contributed by atoms with van der Waals surface area (Å²) in [7, 11) is 0. The summed E-state index contributed by atoms with van der Waals surface area (Å²) < 4.78 is 58.9. The Bertz CT molecular complexity index is 1880. The molecule has 6 nitrogen and oxygen atoms in total. The van der Waals surface area contributed by atoms with Gasteiger partial charge < -0.3 is 14.4 Å². The molecular weight excluding hydrogens is 586 g/mol. The van der Waals surface area contributed by atoms with E-state index in [0.29, 0.717) is 17.7 Å².